The molecule has 0 amide bonds. The fourth-order valence-corrected chi connectivity index (χ4v) is 2.17. The largest absolute Gasteiger partial charge is 0.387 e. The number of ether oxygens (including phenoxy) is 1. The van der Waals surface area contributed by atoms with E-state index in [-0.39, 0.29) is 17.9 Å². The second kappa shape index (κ2) is 6.93. The van der Waals surface area contributed by atoms with E-state index in [0.717, 1.165) is 39.3 Å². The zero-order chi connectivity index (χ0) is 12.8. The van der Waals surface area contributed by atoms with Crippen molar-refractivity contribution in [2.45, 2.75) is 20.0 Å². The standard InChI is InChI=1S/C12H26N4O/c1-4-16-5-6-17-11(9-16)8-15(3)7-10(2)12(13)14/h10-11H,4-9H2,1-3H3,(H3,13,14). The molecule has 0 aliphatic carbocycles. The lowest BCUT2D eigenvalue weighted by molar-refractivity contribution is -0.0393. The summed E-state index contributed by atoms with van der Waals surface area (Å²) in [5.74, 6) is 0.377. The van der Waals surface area contributed by atoms with Crippen LogP contribution in [0.15, 0.2) is 0 Å². The Balaban J connectivity index is 2.30. The van der Waals surface area contributed by atoms with Crippen molar-refractivity contribution in [2.24, 2.45) is 11.7 Å². The summed E-state index contributed by atoms with van der Waals surface area (Å²) in [6, 6.07) is 0. The molecule has 1 saturated heterocycles. The predicted molar refractivity (Wildman–Crippen MR) is 70.4 cm³/mol. The number of amidine groups is 1. The Kier molecular flexibility index (Phi) is 5.88. The SMILES string of the molecule is CCN1CCOC(CN(C)CC(C)C(=N)N)C1. The summed E-state index contributed by atoms with van der Waals surface area (Å²) in [5.41, 5.74) is 5.48. The first-order chi connectivity index (χ1) is 8.02. The van der Waals surface area contributed by atoms with Crippen LogP contribution in [0.3, 0.4) is 0 Å². The highest BCUT2D eigenvalue weighted by Crippen LogP contribution is 2.07. The number of rotatable bonds is 6. The number of morpholine rings is 1. The van der Waals surface area contributed by atoms with Gasteiger partial charge in [-0.25, -0.2) is 0 Å². The van der Waals surface area contributed by atoms with Crippen LogP contribution in [-0.4, -0.2) is 68.1 Å². The van der Waals surface area contributed by atoms with E-state index in [1.807, 2.05) is 6.92 Å². The van der Waals surface area contributed by atoms with Gasteiger partial charge >= 0.3 is 0 Å². The van der Waals surface area contributed by atoms with Crippen molar-refractivity contribution in [2.75, 3.05) is 46.4 Å². The van der Waals surface area contributed by atoms with Crippen LogP contribution in [-0.2, 0) is 4.74 Å². The number of nitrogens with one attached hydrogen (secondary N) is 1. The van der Waals surface area contributed by atoms with E-state index in [2.05, 4.69) is 23.8 Å². The van der Waals surface area contributed by atoms with Gasteiger partial charge in [0.2, 0.25) is 0 Å². The molecule has 0 spiro atoms. The number of nitrogens with two attached hydrogens (primary N) is 1. The summed E-state index contributed by atoms with van der Waals surface area (Å²) in [7, 11) is 2.06. The molecule has 1 fully saturated rings. The Bertz CT molecular complexity index is 247. The molecule has 5 nitrogen and oxygen atoms in total. The molecule has 1 aliphatic rings. The number of likely N-dealkylation sites (N-methyl/N-ethyl adjacent to an activating group) is 2. The van der Waals surface area contributed by atoms with Crippen LogP contribution in [0.4, 0.5) is 0 Å². The molecule has 0 bridgehead atoms. The van der Waals surface area contributed by atoms with Gasteiger partial charge in [-0.1, -0.05) is 13.8 Å². The lowest BCUT2D eigenvalue weighted by Crippen LogP contribution is -2.47. The summed E-state index contributed by atoms with van der Waals surface area (Å²) >= 11 is 0. The van der Waals surface area contributed by atoms with Gasteiger partial charge in [-0.15, -0.1) is 0 Å². The molecule has 0 saturated carbocycles. The van der Waals surface area contributed by atoms with E-state index < -0.39 is 0 Å². The molecule has 17 heavy (non-hydrogen) atoms. The molecule has 2 unspecified atom stereocenters. The predicted octanol–water partition coefficient (Wildman–Crippen LogP) is 0.211. The van der Waals surface area contributed by atoms with Crippen LogP contribution in [0.5, 0.6) is 0 Å². The van der Waals surface area contributed by atoms with Gasteiger partial charge < -0.3 is 15.4 Å². The second-order valence-electron chi connectivity index (χ2n) is 4.96. The quantitative estimate of drug-likeness (QED) is 0.516. The maximum atomic E-state index is 7.39. The Labute approximate surface area is 104 Å². The lowest BCUT2D eigenvalue weighted by Gasteiger charge is -2.34. The molecule has 100 valence electrons. The summed E-state index contributed by atoms with van der Waals surface area (Å²) in [5, 5.41) is 7.39. The first-order valence-corrected chi connectivity index (χ1v) is 6.39. The van der Waals surface area contributed by atoms with Gasteiger partial charge in [0.15, 0.2) is 0 Å². The van der Waals surface area contributed by atoms with E-state index >= 15 is 0 Å². The molecule has 1 aliphatic heterocycles. The first-order valence-electron chi connectivity index (χ1n) is 6.39. The average Bonchev–Trinajstić information content (AvgIpc) is 2.28. The number of hydrogen-bond donors (Lipinski definition) is 2. The lowest BCUT2D eigenvalue weighted by atomic mass is 10.1. The molecule has 3 N–H and O–H groups in total. The normalized spacial score (nSPS) is 23.9. The smallest absolute Gasteiger partial charge is 0.0947 e. The third-order valence-electron chi connectivity index (χ3n) is 3.30. The average molecular weight is 242 g/mol. The summed E-state index contributed by atoms with van der Waals surface area (Å²) in [6.07, 6.45) is 0.285. The minimum Gasteiger partial charge on any atom is -0.387 e. The fourth-order valence-electron chi connectivity index (χ4n) is 2.17. The highest BCUT2D eigenvalue weighted by molar-refractivity contribution is 5.79. The van der Waals surface area contributed by atoms with Gasteiger partial charge in [-0.2, -0.15) is 0 Å². The molecule has 5 heteroatoms. The van der Waals surface area contributed by atoms with Crippen LogP contribution in [0.2, 0.25) is 0 Å². The van der Waals surface area contributed by atoms with Crippen LogP contribution in [0.25, 0.3) is 0 Å². The third-order valence-corrected chi connectivity index (χ3v) is 3.30. The fraction of sp³-hybridized carbons (Fsp3) is 0.917. The van der Waals surface area contributed by atoms with Crippen molar-refractivity contribution in [3.8, 4) is 0 Å². The van der Waals surface area contributed by atoms with E-state index in [4.69, 9.17) is 15.9 Å². The summed E-state index contributed by atoms with van der Waals surface area (Å²) in [6.45, 7) is 9.87. The molecular formula is C12H26N4O. The van der Waals surface area contributed by atoms with Crippen LogP contribution in [0, 0.1) is 11.3 Å². The molecule has 0 aromatic carbocycles. The highest BCUT2D eigenvalue weighted by Gasteiger charge is 2.21. The van der Waals surface area contributed by atoms with Crippen molar-refractivity contribution in [3.63, 3.8) is 0 Å². The van der Waals surface area contributed by atoms with E-state index in [1.165, 1.54) is 0 Å². The van der Waals surface area contributed by atoms with Gasteiger partial charge in [0.1, 0.15) is 0 Å². The third kappa shape index (κ3) is 5.02. The van der Waals surface area contributed by atoms with Gasteiger partial charge in [0.05, 0.1) is 18.5 Å². The van der Waals surface area contributed by atoms with Crippen molar-refractivity contribution >= 4 is 5.84 Å². The van der Waals surface area contributed by atoms with E-state index in [9.17, 15) is 0 Å². The molecule has 0 aromatic heterocycles. The topological polar surface area (TPSA) is 65.6 Å². The summed E-state index contributed by atoms with van der Waals surface area (Å²) in [4.78, 5) is 4.62. The van der Waals surface area contributed by atoms with Gasteiger partial charge in [0.25, 0.3) is 0 Å². The number of hydrogen-bond acceptors (Lipinski definition) is 4. The molecule has 2 atom stereocenters. The van der Waals surface area contributed by atoms with Crippen LogP contribution in [0.1, 0.15) is 13.8 Å². The van der Waals surface area contributed by atoms with Crippen LogP contribution < -0.4 is 5.73 Å². The minimum atomic E-state index is 0.117. The van der Waals surface area contributed by atoms with E-state index in [0.29, 0.717) is 0 Å². The van der Waals surface area contributed by atoms with E-state index in [1.54, 1.807) is 0 Å². The highest BCUT2D eigenvalue weighted by atomic mass is 16.5. The van der Waals surface area contributed by atoms with Gasteiger partial charge in [0, 0.05) is 32.1 Å². The Morgan fingerprint density at radius 3 is 2.94 bits per heavy atom. The van der Waals surface area contributed by atoms with Gasteiger partial charge in [-0.05, 0) is 13.6 Å². The second-order valence-corrected chi connectivity index (χ2v) is 4.96. The molecule has 0 radical (unpaired) electrons. The maximum Gasteiger partial charge on any atom is 0.0947 e. The van der Waals surface area contributed by atoms with Gasteiger partial charge in [-0.3, -0.25) is 10.3 Å². The summed E-state index contributed by atoms with van der Waals surface area (Å²) < 4.78 is 5.75. The molecule has 1 rings (SSSR count). The van der Waals surface area contributed by atoms with Crippen molar-refractivity contribution < 1.29 is 4.74 Å². The molecule has 1 heterocycles. The monoisotopic (exact) mass is 242 g/mol. The van der Waals surface area contributed by atoms with Crippen molar-refractivity contribution in [3.05, 3.63) is 0 Å². The first kappa shape index (κ1) is 14.4. The van der Waals surface area contributed by atoms with Crippen LogP contribution >= 0.6 is 0 Å². The molecular weight excluding hydrogens is 216 g/mol. The molecule has 0 aromatic rings. The Morgan fingerprint density at radius 2 is 2.35 bits per heavy atom. The Morgan fingerprint density at radius 1 is 1.65 bits per heavy atom. The maximum absolute atomic E-state index is 7.39. The van der Waals surface area contributed by atoms with Crippen molar-refractivity contribution in [1.82, 2.24) is 9.80 Å². The number of nitrogens with zero attached hydrogens (tertiary/aromatic N) is 2. The zero-order valence-electron chi connectivity index (χ0n) is 11.3. The minimum absolute atomic E-state index is 0.117. The van der Waals surface area contributed by atoms with Crippen molar-refractivity contribution in [1.29, 1.82) is 5.41 Å². The Hall–Kier alpha value is -0.650. The zero-order valence-corrected chi connectivity index (χ0v) is 11.3.